The van der Waals surface area contributed by atoms with Gasteiger partial charge in [0.2, 0.25) is 0 Å². The van der Waals surface area contributed by atoms with Crippen molar-refractivity contribution in [3.8, 4) is 0 Å². The fourth-order valence-electron chi connectivity index (χ4n) is 2.59. The molecule has 5 nitrogen and oxygen atoms in total. The number of hydrogen-bond donors (Lipinski definition) is 0. The average Bonchev–Trinajstić information content (AvgIpc) is 2.81. The largest absolute Gasteiger partial charge is 0.306 e. The van der Waals surface area contributed by atoms with Gasteiger partial charge in [0.1, 0.15) is 10.9 Å². The molecule has 0 aliphatic carbocycles. The second kappa shape index (κ2) is 4.45. The summed E-state index contributed by atoms with van der Waals surface area (Å²) >= 11 is 0. The van der Waals surface area contributed by atoms with Gasteiger partial charge >= 0.3 is 0 Å². The van der Waals surface area contributed by atoms with Crippen molar-refractivity contribution in [2.45, 2.75) is 24.5 Å². The van der Waals surface area contributed by atoms with Gasteiger partial charge in [0.05, 0.1) is 17.0 Å². The molecule has 2 aromatic rings. The molecule has 100 valence electrons. The Hall–Kier alpha value is -1.69. The first kappa shape index (κ1) is 12.3. The van der Waals surface area contributed by atoms with Crippen molar-refractivity contribution in [1.82, 2.24) is 9.38 Å². The monoisotopic (exact) mass is 278 g/mol. The Kier molecular flexibility index (Phi) is 2.89. The average molecular weight is 278 g/mol. The van der Waals surface area contributed by atoms with Crippen LogP contribution in [0.25, 0.3) is 5.65 Å². The summed E-state index contributed by atoms with van der Waals surface area (Å²) in [6, 6.07) is 3.42. The normalized spacial score (nSPS) is 22.4. The predicted octanol–water partition coefficient (Wildman–Crippen LogP) is 1.79. The lowest BCUT2D eigenvalue weighted by atomic mass is 10.1. The number of sulfone groups is 1. The first-order valence-corrected chi connectivity index (χ1v) is 7.98. The lowest BCUT2D eigenvalue weighted by Crippen LogP contribution is -2.21. The van der Waals surface area contributed by atoms with Crippen molar-refractivity contribution in [3.05, 3.63) is 35.8 Å². The smallest absolute Gasteiger partial charge is 0.158 e. The molecule has 0 saturated carbocycles. The first-order valence-electron chi connectivity index (χ1n) is 6.26. The molecule has 0 amide bonds. The molecule has 1 atom stereocenters. The van der Waals surface area contributed by atoms with Gasteiger partial charge in [0, 0.05) is 12.4 Å². The molecule has 0 aromatic carbocycles. The van der Waals surface area contributed by atoms with Crippen LogP contribution in [0.5, 0.6) is 0 Å². The summed E-state index contributed by atoms with van der Waals surface area (Å²) in [4.78, 5) is 15.3. The number of fused-ring (bicyclic) bond motifs is 1. The highest BCUT2D eigenvalue weighted by atomic mass is 32.2. The minimum atomic E-state index is -3.11. The number of pyridine rings is 1. The third kappa shape index (κ3) is 2.06. The van der Waals surface area contributed by atoms with Crippen LogP contribution in [-0.4, -0.2) is 29.8 Å². The van der Waals surface area contributed by atoms with Gasteiger partial charge in [-0.1, -0.05) is 6.42 Å². The SMILES string of the molecule is O=Cc1cccn2cc(C3CCCCS3(=O)=O)nc12. The lowest BCUT2D eigenvalue weighted by molar-refractivity contribution is 0.112. The van der Waals surface area contributed by atoms with Crippen LogP contribution in [0, 0.1) is 0 Å². The van der Waals surface area contributed by atoms with Gasteiger partial charge in [0.25, 0.3) is 0 Å². The molecule has 0 bridgehead atoms. The number of rotatable bonds is 2. The van der Waals surface area contributed by atoms with Crippen LogP contribution in [0.15, 0.2) is 24.5 Å². The Labute approximate surface area is 111 Å². The van der Waals surface area contributed by atoms with E-state index in [0.717, 1.165) is 19.1 Å². The maximum absolute atomic E-state index is 12.1. The number of hydrogen-bond acceptors (Lipinski definition) is 4. The van der Waals surface area contributed by atoms with Crippen LogP contribution >= 0.6 is 0 Å². The number of nitrogens with zero attached hydrogens (tertiary/aromatic N) is 2. The van der Waals surface area contributed by atoms with E-state index >= 15 is 0 Å². The third-order valence-electron chi connectivity index (χ3n) is 3.57. The summed E-state index contributed by atoms with van der Waals surface area (Å²) < 4.78 is 25.9. The standard InChI is InChI=1S/C13H14N2O3S/c16-9-10-4-3-6-15-8-11(14-13(10)15)12-5-1-2-7-19(12,17)18/h3-4,6,8-9,12H,1-2,5,7H2. The maximum Gasteiger partial charge on any atom is 0.158 e. The molecule has 1 unspecified atom stereocenters. The van der Waals surface area contributed by atoms with Gasteiger partial charge < -0.3 is 4.40 Å². The maximum atomic E-state index is 12.1. The zero-order valence-corrected chi connectivity index (χ0v) is 11.1. The predicted molar refractivity (Wildman–Crippen MR) is 71.0 cm³/mol. The van der Waals surface area contributed by atoms with Crippen LogP contribution < -0.4 is 0 Å². The number of aldehydes is 1. The molecule has 1 aliphatic rings. The highest BCUT2D eigenvalue weighted by molar-refractivity contribution is 7.91. The number of imidazole rings is 1. The summed E-state index contributed by atoms with van der Waals surface area (Å²) in [5, 5.41) is -0.527. The fourth-order valence-corrected chi connectivity index (χ4v) is 4.49. The van der Waals surface area contributed by atoms with Gasteiger partial charge in [-0.25, -0.2) is 13.4 Å². The summed E-state index contributed by atoms with van der Waals surface area (Å²) in [5.41, 5.74) is 1.55. The van der Waals surface area contributed by atoms with E-state index in [4.69, 9.17) is 0 Å². The molecule has 0 spiro atoms. The Morgan fingerprint density at radius 1 is 1.37 bits per heavy atom. The van der Waals surface area contributed by atoms with E-state index in [2.05, 4.69) is 4.98 Å². The Morgan fingerprint density at radius 3 is 2.95 bits per heavy atom. The van der Waals surface area contributed by atoms with Crippen molar-refractivity contribution in [2.24, 2.45) is 0 Å². The highest BCUT2D eigenvalue weighted by Gasteiger charge is 2.32. The van der Waals surface area contributed by atoms with E-state index in [0.29, 0.717) is 23.3 Å². The molecule has 19 heavy (non-hydrogen) atoms. The van der Waals surface area contributed by atoms with Crippen LogP contribution in [0.1, 0.15) is 40.6 Å². The third-order valence-corrected chi connectivity index (χ3v) is 5.77. The van der Waals surface area contributed by atoms with Gasteiger partial charge in [-0.05, 0) is 25.0 Å². The van der Waals surface area contributed by atoms with E-state index < -0.39 is 15.1 Å². The van der Waals surface area contributed by atoms with Gasteiger partial charge in [-0.3, -0.25) is 4.79 Å². The van der Waals surface area contributed by atoms with Crippen LogP contribution in [-0.2, 0) is 9.84 Å². The number of carbonyl (C=O) groups excluding carboxylic acids is 1. The zero-order valence-electron chi connectivity index (χ0n) is 10.3. The zero-order chi connectivity index (χ0) is 13.5. The molecule has 3 heterocycles. The van der Waals surface area contributed by atoms with Crippen molar-refractivity contribution >= 4 is 21.8 Å². The van der Waals surface area contributed by atoms with Gasteiger partial charge in [-0.2, -0.15) is 0 Å². The molecule has 0 N–H and O–H groups in total. The Balaban J connectivity index is 2.13. The van der Waals surface area contributed by atoms with E-state index in [1.807, 2.05) is 0 Å². The Bertz CT molecular complexity index is 733. The van der Waals surface area contributed by atoms with E-state index in [1.165, 1.54) is 0 Å². The van der Waals surface area contributed by atoms with Crippen molar-refractivity contribution in [3.63, 3.8) is 0 Å². The van der Waals surface area contributed by atoms with Gasteiger partial charge in [0.15, 0.2) is 16.1 Å². The molecule has 0 radical (unpaired) electrons. The molecule has 3 rings (SSSR count). The number of carbonyl (C=O) groups is 1. The van der Waals surface area contributed by atoms with Crippen LogP contribution in [0.3, 0.4) is 0 Å². The fraction of sp³-hybridized carbons (Fsp3) is 0.385. The number of aromatic nitrogens is 2. The van der Waals surface area contributed by atoms with Crippen LogP contribution in [0.4, 0.5) is 0 Å². The molecule has 1 saturated heterocycles. The van der Waals surface area contributed by atoms with Crippen molar-refractivity contribution < 1.29 is 13.2 Å². The van der Waals surface area contributed by atoms with E-state index in [9.17, 15) is 13.2 Å². The highest BCUT2D eigenvalue weighted by Crippen LogP contribution is 2.33. The molecule has 2 aromatic heterocycles. The van der Waals surface area contributed by atoms with E-state index in [1.54, 1.807) is 28.9 Å². The lowest BCUT2D eigenvalue weighted by Gasteiger charge is -2.20. The minimum Gasteiger partial charge on any atom is -0.306 e. The molecular formula is C13H14N2O3S. The van der Waals surface area contributed by atoms with Crippen molar-refractivity contribution in [1.29, 1.82) is 0 Å². The first-order chi connectivity index (χ1) is 9.12. The van der Waals surface area contributed by atoms with Gasteiger partial charge in [-0.15, -0.1) is 0 Å². The molecular weight excluding hydrogens is 264 g/mol. The second-order valence-electron chi connectivity index (χ2n) is 4.83. The summed E-state index contributed by atoms with van der Waals surface area (Å²) in [6.45, 7) is 0. The quantitative estimate of drug-likeness (QED) is 0.785. The van der Waals surface area contributed by atoms with E-state index in [-0.39, 0.29) is 5.75 Å². The summed E-state index contributed by atoms with van der Waals surface area (Å²) in [6.07, 6.45) is 6.47. The topological polar surface area (TPSA) is 68.5 Å². The second-order valence-corrected chi connectivity index (χ2v) is 7.13. The van der Waals surface area contributed by atoms with Crippen molar-refractivity contribution in [2.75, 3.05) is 5.75 Å². The summed E-state index contributed by atoms with van der Waals surface area (Å²) in [7, 11) is -3.11. The Morgan fingerprint density at radius 2 is 2.21 bits per heavy atom. The molecule has 6 heteroatoms. The van der Waals surface area contributed by atoms with Crippen LogP contribution in [0.2, 0.25) is 0 Å². The molecule has 1 aliphatic heterocycles. The molecule has 1 fully saturated rings. The summed E-state index contributed by atoms with van der Waals surface area (Å²) in [5.74, 6) is 0.228. The minimum absolute atomic E-state index is 0.228.